The van der Waals surface area contributed by atoms with E-state index in [1.807, 2.05) is 24.8 Å². The van der Waals surface area contributed by atoms with Crippen LogP contribution in [0.15, 0.2) is 24.3 Å². The van der Waals surface area contributed by atoms with Gasteiger partial charge in [0.25, 0.3) is 0 Å². The summed E-state index contributed by atoms with van der Waals surface area (Å²) in [6, 6.07) is 7.08. The number of hydrogen-bond donors (Lipinski definition) is 1. The standard InChI is InChI=1S/C21H27FN4O/c1-13-14(2)23-24-19(13)7-8-20(27)26-11-16-10-25(3)21(18(16)12-26)15-5-4-6-17(22)9-15/h4-6,9,16,18,21H,7-8,10-12H2,1-3H3,(H,23,24)/t16-,18+,21-/m0/s1. The van der Waals surface area contributed by atoms with Crippen LogP contribution in [0.3, 0.4) is 0 Å². The molecule has 4 rings (SSSR count). The minimum Gasteiger partial charge on any atom is -0.342 e. The number of aromatic amines is 1. The first-order chi connectivity index (χ1) is 12.9. The number of likely N-dealkylation sites (tertiary alicyclic amines) is 2. The van der Waals surface area contributed by atoms with E-state index in [-0.39, 0.29) is 17.8 Å². The molecule has 3 atom stereocenters. The lowest BCUT2D eigenvalue weighted by Gasteiger charge is -2.27. The van der Waals surface area contributed by atoms with Crippen molar-refractivity contribution in [2.45, 2.75) is 32.7 Å². The molecule has 2 aliphatic heterocycles. The van der Waals surface area contributed by atoms with E-state index in [9.17, 15) is 9.18 Å². The Morgan fingerprint density at radius 1 is 1.30 bits per heavy atom. The van der Waals surface area contributed by atoms with Gasteiger partial charge in [-0.05, 0) is 50.1 Å². The Hall–Kier alpha value is -2.21. The zero-order valence-electron chi connectivity index (χ0n) is 16.2. The molecule has 1 amide bonds. The van der Waals surface area contributed by atoms with E-state index in [0.29, 0.717) is 24.7 Å². The van der Waals surface area contributed by atoms with Crippen molar-refractivity contribution in [1.82, 2.24) is 20.0 Å². The molecule has 2 saturated heterocycles. The molecule has 2 aliphatic rings. The third kappa shape index (κ3) is 3.38. The molecule has 3 heterocycles. The van der Waals surface area contributed by atoms with Gasteiger partial charge in [-0.1, -0.05) is 12.1 Å². The summed E-state index contributed by atoms with van der Waals surface area (Å²) in [5.74, 6) is 0.835. The number of carbonyl (C=O) groups is 1. The highest BCUT2D eigenvalue weighted by Gasteiger charge is 2.47. The van der Waals surface area contributed by atoms with Gasteiger partial charge in [-0.25, -0.2) is 4.39 Å². The highest BCUT2D eigenvalue weighted by molar-refractivity contribution is 5.76. The van der Waals surface area contributed by atoms with Gasteiger partial charge >= 0.3 is 0 Å². The summed E-state index contributed by atoms with van der Waals surface area (Å²) in [4.78, 5) is 17.1. The Balaban J connectivity index is 1.42. The van der Waals surface area contributed by atoms with Gasteiger partial charge in [-0.3, -0.25) is 14.8 Å². The molecule has 0 aliphatic carbocycles. The van der Waals surface area contributed by atoms with Crippen molar-refractivity contribution in [3.8, 4) is 0 Å². The normalized spacial score (nSPS) is 25.2. The highest BCUT2D eigenvalue weighted by Crippen LogP contribution is 2.44. The number of rotatable bonds is 4. The van der Waals surface area contributed by atoms with E-state index in [2.05, 4.69) is 22.1 Å². The smallest absolute Gasteiger partial charge is 0.222 e. The molecule has 0 radical (unpaired) electrons. The Morgan fingerprint density at radius 2 is 2.11 bits per heavy atom. The number of nitrogens with one attached hydrogen (secondary N) is 1. The molecule has 0 bridgehead atoms. The van der Waals surface area contributed by atoms with Crippen LogP contribution in [0.2, 0.25) is 0 Å². The lowest BCUT2D eigenvalue weighted by Crippen LogP contribution is -2.33. The summed E-state index contributed by atoms with van der Waals surface area (Å²) in [6.45, 7) is 6.55. The lowest BCUT2D eigenvalue weighted by molar-refractivity contribution is -0.130. The second-order valence-electron chi connectivity index (χ2n) is 8.08. The van der Waals surface area contributed by atoms with Crippen LogP contribution in [-0.4, -0.2) is 52.6 Å². The van der Waals surface area contributed by atoms with Crippen molar-refractivity contribution < 1.29 is 9.18 Å². The number of nitrogens with zero attached hydrogens (tertiary/aromatic N) is 3. The number of halogens is 1. The maximum Gasteiger partial charge on any atom is 0.222 e. The molecule has 27 heavy (non-hydrogen) atoms. The van der Waals surface area contributed by atoms with Crippen LogP contribution in [0, 0.1) is 31.5 Å². The van der Waals surface area contributed by atoms with Crippen LogP contribution in [0.25, 0.3) is 0 Å². The summed E-state index contributed by atoms with van der Waals surface area (Å²) in [7, 11) is 2.10. The summed E-state index contributed by atoms with van der Waals surface area (Å²) < 4.78 is 13.7. The zero-order valence-corrected chi connectivity index (χ0v) is 16.2. The number of aromatic nitrogens is 2. The number of fused-ring (bicyclic) bond motifs is 1. The molecule has 0 unspecified atom stereocenters. The van der Waals surface area contributed by atoms with Gasteiger partial charge in [-0.15, -0.1) is 0 Å². The van der Waals surface area contributed by atoms with E-state index in [4.69, 9.17) is 0 Å². The van der Waals surface area contributed by atoms with Crippen LogP contribution in [0.1, 0.15) is 35.0 Å². The third-order valence-corrected chi connectivity index (χ3v) is 6.37. The van der Waals surface area contributed by atoms with Crippen LogP contribution in [-0.2, 0) is 11.2 Å². The van der Waals surface area contributed by atoms with E-state index in [0.717, 1.165) is 42.1 Å². The average molecular weight is 370 g/mol. The number of H-pyrrole nitrogens is 1. The van der Waals surface area contributed by atoms with E-state index >= 15 is 0 Å². The Bertz CT molecular complexity index is 848. The van der Waals surface area contributed by atoms with Crippen molar-refractivity contribution in [3.63, 3.8) is 0 Å². The van der Waals surface area contributed by atoms with Crippen molar-refractivity contribution in [2.75, 3.05) is 26.7 Å². The van der Waals surface area contributed by atoms with E-state index < -0.39 is 0 Å². The van der Waals surface area contributed by atoms with E-state index in [1.54, 1.807) is 12.1 Å². The number of amides is 1. The minimum absolute atomic E-state index is 0.180. The Kier molecular flexibility index (Phi) is 4.76. The average Bonchev–Trinajstić information content (AvgIpc) is 3.26. The molecule has 2 fully saturated rings. The molecule has 0 spiro atoms. The molecule has 2 aromatic rings. The van der Waals surface area contributed by atoms with E-state index in [1.165, 1.54) is 6.07 Å². The van der Waals surface area contributed by atoms with Crippen molar-refractivity contribution in [3.05, 3.63) is 52.6 Å². The predicted octanol–water partition coefficient (Wildman–Crippen LogP) is 2.86. The fourth-order valence-electron chi connectivity index (χ4n) is 4.82. The second-order valence-corrected chi connectivity index (χ2v) is 8.08. The molecule has 1 N–H and O–H groups in total. The van der Waals surface area contributed by atoms with Crippen molar-refractivity contribution in [2.24, 2.45) is 11.8 Å². The van der Waals surface area contributed by atoms with Crippen molar-refractivity contribution in [1.29, 1.82) is 0 Å². The number of carbonyl (C=O) groups excluding carboxylic acids is 1. The zero-order chi connectivity index (χ0) is 19.1. The van der Waals surface area contributed by atoms with Gasteiger partial charge in [0.15, 0.2) is 0 Å². The number of hydrogen-bond acceptors (Lipinski definition) is 3. The third-order valence-electron chi connectivity index (χ3n) is 6.37. The molecule has 1 aromatic carbocycles. The fraction of sp³-hybridized carbons (Fsp3) is 0.524. The van der Waals surface area contributed by atoms with Crippen molar-refractivity contribution >= 4 is 5.91 Å². The van der Waals surface area contributed by atoms with Crippen LogP contribution in [0.5, 0.6) is 0 Å². The molecule has 5 nitrogen and oxygen atoms in total. The Morgan fingerprint density at radius 3 is 2.81 bits per heavy atom. The minimum atomic E-state index is -0.194. The van der Waals surface area contributed by atoms with Crippen LogP contribution >= 0.6 is 0 Å². The fourth-order valence-corrected chi connectivity index (χ4v) is 4.82. The van der Waals surface area contributed by atoms with Gasteiger partial charge in [0.2, 0.25) is 5.91 Å². The number of aryl methyl sites for hydroxylation is 2. The van der Waals surface area contributed by atoms with Gasteiger partial charge in [-0.2, -0.15) is 5.10 Å². The largest absolute Gasteiger partial charge is 0.342 e. The Labute approximate surface area is 159 Å². The predicted molar refractivity (Wildman–Crippen MR) is 102 cm³/mol. The van der Waals surface area contributed by atoms with Crippen LogP contribution in [0.4, 0.5) is 4.39 Å². The van der Waals surface area contributed by atoms with Gasteiger partial charge in [0.05, 0.1) is 5.69 Å². The summed E-state index contributed by atoms with van der Waals surface area (Å²) in [5.41, 5.74) is 4.21. The summed E-state index contributed by atoms with van der Waals surface area (Å²) in [6.07, 6.45) is 1.17. The van der Waals surface area contributed by atoms with Gasteiger partial charge in [0, 0.05) is 50.1 Å². The first-order valence-corrected chi connectivity index (χ1v) is 9.68. The SMILES string of the molecule is Cc1[nH]nc(CCC(=O)N2C[C@@H]3CN(C)[C@@H](c4cccc(F)c4)[C@@H]3C2)c1C. The monoisotopic (exact) mass is 370 g/mol. The molecule has 0 saturated carbocycles. The van der Waals surface area contributed by atoms with Crippen LogP contribution < -0.4 is 0 Å². The summed E-state index contributed by atoms with van der Waals surface area (Å²) in [5, 5.41) is 7.29. The first-order valence-electron chi connectivity index (χ1n) is 9.68. The number of benzene rings is 1. The maximum atomic E-state index is 13.7. The lowest BCUT2D eigenvalue weighted by atomic mass is 9.89. The van der Waals surface area contributed by atoms with Gasteiger partial charge < -0.3 is 4.90 Å². The molecule has 1 aromatic heterocycles. The first kappa shape index (κ1) is 18.2. The highest BCUT2D eigenvalue weighted by atomic mass is 19.1. The molecule has 6 heteroatoms. The molecular formula is C21H27FN4O. The quantitative estimate of drug-likeness (QED) is 0.900. The molecule has 144 valence electrons. The maximum absolute atomic E-state index is 13.7. The topological polar surface area (TPSA) is 52.2 Å². The van der Waals surface area contributed by atoms with Gasteiger partial charge in [0.1, 0.15) is 5.82 Å². The second kappa shape index (κ2) is 7.08. The molecular weight excluding hydrogens is 343 g/mol. The summed E-state index contributed by atoms with van der Waals surface area (Å²) >= 11 is 0.